The predicted octanol–water partition coefficient (Wildman–Crippen LogP) is -5.68. The van der Waals surface area contributed by atoms with Gasteiger partial charge in [-0.2, -0.15) is 0 Å². The number of rotatable bonds is 0. The quantitative estimate of drug-likeness (QED) is 0.211. The number of nitrogens with zero attached hydrogens (tertiary/aromatic N) is 1. The average molecular weight is 153 g/mol. The van der Waals surface area contributed by atoms with Crippen LogP contribution in [-0.4, -0.2) is 4.66 Å². The predicted molar refractivity (Wildman–Crippen MR) is 11.4 cm³/mol. The molecular weight excluding hydrogens is 152 g/mol. The van der Waals surface area contributed by atoms with Crippen molar-refractivity contribution in [2.24, 2.45) is 5.34 Å². The Morgan fingerprint density at radius 1 is 1.50 bits per heavy atom. The summed E-state index contributed by atoms with van der Waals surface area (Å²) >= 11 is 0. The van der Waals surface area contributed by atoms with E-state index in [2.05, 4.69) is 0 Å². The Hall–Kier alpha value is 0.570. The summed E-state index contributed by atoms with van der Waals surface area (Å²) in [6.45, 7) is 0. The van der Waals surface area contributed by atoms with Crippen LogP contribution in [0.4, 0.5) is 0 Å². The standard InChI is InChI=1S/ClHO3.HNO2.Na/c2-1(3)4;2-1-3;/h2H;(H,2,3);/q;;+1/p-1. The van der Waals surface area contributed by atoms with Gasteiger partial charge in [-0.1, -0.05) is 0 Å². The normalized spacial score (nSPS) is 6.00. The number of hydrogen-bond donors (Lipinski definition) is 1. The van der Waals surface area contributed by atoms with Crippen LogP contribution in [0.1, 0.15) is 0 Å². The van der Waals surface area contributed by atoms with Crippen molar-refractivity contribution in [2.75, 3.05) is 0 Å². The summed E-state index contributed by atoms with van der Waals surface area (Å²) in [4.78, 5) is 8.00. The summed E-state index contributed by atoms with van der Waals surface area (Å²) < 4.78 is 24.0. The molecule has 0 saturated heterocycles. The van der Waals surface area contributed by atoms with Crippen molar-refractivity contribution in [3.63, 3.8) is 0 Å². The topological polar surface area (TPSA) is 119 Å². The first-order valence-electron chi connectivity index (χ1n) is 0.843. The fourth-order valence-electron chi connectivity index (χ4n) is 0. The molecule has 0 bridgehead atoms. The van der Waals surface area contributed by atoms with Crippen molar-refractivity contribution in [1.82, 2.24) is 0 Å². The number of hydrogen-bond acceptors (Lipinski definition) is 6. The van der Waals surface area contributed by atoms with Crippen molar-refractivity contribution < 1.29 is 54.3 Å². The van der Waals surface area contributed by atoms with Crippen molar-refractivity contribution in [1.29, 1.82) is 0 Å². The zero-order valence-corrected chi connectivity index (χ0v) is 6.66. The molecule has 0 radical (unpaired) electrons. The zero-order chi connectivity index (χ0) is 6.28. The molecule has 0 aliphatic carbocycles. The minimum absolute atomic E-state index is 0. The molecule has 1 N–H and O–H groups in total. The van der Waals surface area contributed by atoms with Gasteiger partial charge in [-0.05, 0) is 0 Å². The van der Waals surface area contributed by atoms with Crippen molar-refractivity contribution in [3.05, 3.63) is 10.1 Å². The van der Waals surface area contributed by atoms with Gasteiger partial charge in [0.2, 0.25) is 0 Å². The summed E-state index contributed by atoms with van der Waals surface area (Å²) in [6.07, 6.45) is 0. The Labute approximate surface area is 69.8 Å². The van der Waals surface area contributed by atoms with E-state index < -0.39 is 10.8 Å². The van der Waals surface area contributed by atoms with Crippen LogP contribution in [0.5, 0.6) is 0 Å². The molecule has 0 amide bonds. The van der Waals surface area contributed by atoms with Crippen LogP contribution in [-0.2, 0) is 0 Å². The SMILES string of the molecule is O=N[O-].[Na+].[O-][Cl+2]([O-])O. The Bertz CT molecular complexity index is 36.7. The molecule has 8 heteroatoms. The summed E-state index contributed by atoms with van der Waals surface area (Å²) in [5, 5.41) is 9.00. The van der Waals surface area contributed by atoms with Crippen LogP contribution in [0.15, 0.2) is 5.34 Å². The van der Waals surface area contributed by atoms with Crippen LogP contribution in [0, 0.1) is 20.9 Å². The first-order chi connectivity index (χ1) is 3.15. The van der Waals surface area contributed by atoms with Crippen LogP contribution >= 0.6 is 0 Å². The molecule has 0 aromatic carbocycles. The maximum Gasteiger partial charge on any atom is 1.00 e. The van der Waals surface area contributed by atoms with Gasteiger partial charge in [0.05, 0.1) is 0 Å². The van der Waals surface area contributed by atoms with Gasteiger partial charge in [0.25, 0.3) is 10.8 Å². The average Bonchev–Trinajstić information content (AvgIpc) is 1.33. The molecule has 0 aromatic heterocycles. The summed E-state index contributed by atoms with van der Waals surface area (Å²) in [6, 6.07) is 0. The third kappa shape index (κ3) is 627. The van der Waals surface area contributed by atoms with Gasteiger partial charge in [-0.15, -0.1) is 5.34 Å². The first kappa shape index (κ1) is 15.8. The second kappa shape index (κ2) is 15.6. The Balaban J connectivity index is -0.0000000575. The Morgan fingerprint density at radius 2 is 1.50 bits per heavy atom. The zero-order valence-electron chi connectivity index (χ0n) is 3.91. The maximum absolute atomic E-state index is 8.52. The monoisotopic (exact) mass is 153 g/mol. The van der Waals surface area contributed by atoms with E-state index in [0.717, 1.165) is 5.34 Å². The molecule has 0 heterocycles. The molecule has 0 aliphatic heterocycles. The van der Waals surface area contributed by atoms with Crippen LogP contribution < -0.4 is 38.9 Å². The van der Waals surface area contributed by atoms with Gasteiger partial charge >= 0.3 is 29.6 Å². The molecule has 0 unspecified atom stereocenters. The van der Waals surface area contributed by atoms with Gasteiger partial charge in [-0.25, -0.2) is 0 Å². The summed E-state index contributed by atoms with van der Waals surface area (Å²) in [5.41, 5.74) is 0. The third-order valence-corrected chi connectivity index (χ3v) is 0. The maximum atomic E-state index is 8.52. The number of halogens is 1. The molecule has 0 rings (SSSR count). The van der Waals surface area contributed by atoms with Crippen molar-refractivity contribution in [2.45, 2.75) is 0 Å². The van der Waals surface area contributed by atoms with Gasteiger partial charge in [0, 0.05) is 4.66 Å². The molecule has 0 atom stereocenters. The molecule has 0 fully saturated rings. The fourth-order valence-corrected chi connectivity index (χ4v) is 0. The first-order valence-corrected chi connectivity index (χ1v) is 1.80. The smallest absolute Gasteiger partial charge is 0.444 e. The molecular formula is HClNNaO5. The van der Waals surface area contributed by atoms with Gasteiger partial charge < -0.3 is 19.4 Å². The van der Waals surface area contributed by atoms with E-state index in [0.29, 0.717) is 0 Å². The second-order valence-corrected chi connectivity index (χ2v) is 0.678. The van der Waals surface area contributed by atoms with E-state index in [1.165, 1.54) is 0 Å². The molecule has 0 spiro atoms. The Morgan fingerprint density at radius 3 is 1.50 bits per heavy atom. The molecule has 8 heavy (non-hydrogen) atoms. The minimum atomic E-state index is -2.60. The van der Waals surface area contributed by atoms with E-state index >= 15 is 0 Å². The van der Waals surface area contributed by atoms with Crippen molar-refractivity contribution >= 4 is 0 Å². The molecule has 0 aliphatic rings. The fraction of sp³-hybridized carbons (Fsp3) is 0. The van der Waals surface area contributed by atoms with Gasteiger partial charge in [0.1, 0.15) is 0 Å². The van der Waals surface area contributed by atoms with E-state index in [-0.39, 0.29) is 29.6 Å². The van der Waals surface area contributed by atoms with Gasteiger partial charge in [0.15, 0.2) is 0 Å². The van der Waals surface area contributed by atoms with E-state index in [4.69, 9.17) is 24.1 Å². The van der Waals surface area contributed by atoms with Crippen LogP contribution in [0.2, 0.25) is 0 Å². The van der Waals surface area contributed by atoms with E-state index in [9.17, 15) is 0 Å². The van der Waals surface area contributed by atoms with E-state index in [1.807, 2.05) is 0 Å². The Kier molecular flexibility index (Phi) is 31.0. The van der Waals surface area contributed by atoms with Crippen LogP contribution in [0.25, 0.3) is 0 Å². The minimum Gasteiger partial charge on any atom is -0.444 e. The largest absolute Gasteiger partial charge is 1.00 e. The second-order valence-electron chi connectivity index (χ2n) is 0.276. The molecule has 6 nitrogen and oxygen atoms in total. The summed E-state index contributed by atoms with van der Waals surface area (Å²) in [5.74, 6) is 0. The molecule has 0 aromatic rings. The molecule has 44 valence electrons. The third-order valence-electron chi connectivity index (χ3n) is 0. The van der Waals surface area contributed by atoms with Gasteiger partial charge in [-0.3, -0.25) is 0 Å². The summed E-state index contributed by atoms with van der Waals surface area (Å²) in [7, 11) is -2.60. The van der Waals surface area contributed by atoms with Crippen LogP contribution in [0.3, 0.4) is 0 Å². The van der Waals surface area contributed by atoms with E-state index in [1.54, 1.807) is 0 Å². The van der Waals surface area contributed by atoms with Crippen molar-refractivity contribution in [3.8, 4) is 0 Å². The molecule has 0 saturated carbocycles.